The molecular weight excluding hydrogens is 148 g/mol. The van der Waals surface area contributed by atoms with Gasteiger partial charge in [-0.2, -0.15) is 0 Å². The van der Waals surface area contributed by atoms with E-state index < -0.39 is 0 Å². The molecule has 0 saturated carbocycles. The fourth-order valence-corrected chi connectivity index (χ4v) is 1.04. The van der Waals surface area contributed by atoms with E-state index in [-0.39, 0.29) is 0 Å². The van der Waals surface area contributed by atoms with Crippen LogP contribution in [0.2, 0.25) is 0 Å². The number of hydrogen-bond donors (Lipinski definition) is 0. The van der Waals surface area contributed by atoms with Crippen LogP contribution in [0.15, 0.2) is 36.1 Å². The lowest BCUT2D eigenvalue weighted by atomic mass is 10.2. The SMILES string of the molecule is CC/C(=C\c1ccccc1)OC. The van der Waals surface area contributed by atoms with Gasteiger partial charge in [0, 0.05) is 6.42 Å². The predicted molar refractivity (Wildman–Crippen MR) is 51.7 cm³/mol. The Morgan fingerprint density at radius 3 is 2.50 bits per heavy atom. The molecule has 0 unspecified atom stereocenters. The minimum atomic E-state index is 0.936. The summed E-state index contributed by atoms with van der Waals surface area (Å²) in [7, 11) is 1.71. The molecule has 0 saturated heterocycles. The normalized spacial score (nSPS) is 11.3. The molecule has 1 nitrogen and oxygen atoms in total. The molecule has 0 heterocycles. The van der Waals surface area contributed by atoms with Crippen LogP contribution >= 0.6 is 0 Å². The molecule has 1 heteroatoms. The van der Waals surface area contributed by atoms with Crippen LogP contribution < -0.4 is 0 Å². The maximum atomic E-state index is 5.16. The highest BCUT2D eigenvalue weighted by Gasteiger charge is 1.91. The molecule has 0 bridgehead atoms. The Hall–Kier alpha value is -1.24. The monoisotopic (exact) mass is 162 g/mol. The molecular formula is C11H14O. The lowest BCUT2D eigenvalue weighted by molar-refractivity contribution is 0.285. The first-order valence-corrected chi connectivity index (χ1v) is 4.16. The predicted octanol–water partition coefficient (Wildman–Crippen LogP) is 3.08. The molecule has 1 aromatic rings. The second-order valence-electron chi connectivity index (χ2n) is 2.58. The summed E-state index contributed by atoms with van der Waals surface area (Å²) in [4.78, 5) is 0. The van der Waals surface area contributed by atoms with Crippen molar-refractivity contribution in [1.29, 1.82) is 0 Å². The van der Waals surface area contributed by atoms with Gasteiger partial charge in [0.1, 0.15) is 0 Å². The van der Waals surface area contributed by atoms with Crippen molar-refractivity contribution < 1.29 is 4.74 Å². The second kappa shape index (κ2) is 4.60. The van der Waals surface area contributed by atoms with Crippen LogP contribution in [0.5, 0.6) is 0 Å². The van der Waals surface area contributed by atoms with Crippen LogP contribution in [-0.2, 0) is 4.74 Å². The Morgan fingerprint density at radius 2 is 2.00 bits per heavy atom. The average molecular weight is 162 g/mol. The quantitative estimate of drug-likeness (QED) is 0.620. The van der Waals surface area contributed by atoms with Crippen LogP contribution in [0.4, 0.5) is 0 Å². The first-order valence-electron chi connectivity index (χ1n) is 4.16. The van der Waals surface area contributed by atoms with Gasteiger partial charge in [-0.25, -0.2) is 0 Å². The molecule has 64 valence electrons. The number of benzene rings is 1. The van der Waals surface area contributed by atoms with Gasteiger partial charge < -0.3 is 4.74 Å². The summed E-state index contributed by atoms with van der Waals surface area (Å²) in [5.41, 5.74) is 1.19. The summed E-state index contributed by atoms with van der Waals surface area (Å²) in [6.45, 7) is 2.08. The molecule has 0 aliphatic rings. The molecule has 1 aromatic carbocycles. The highest BCUT2D eigenvalue weighted by atomic mass is 16.5. The zero-order valence-electron chi connectivity index (χ0n) is 7.58. The highest BCUT2D eigenvalue weighted by molar-refractivity contribution is 5.50. The average Bonchev–Trinajstić information content (AvgIpc) is 2.16. The Labute approximate surface area is 73.7 Å². The minimum Gasteiger partial charge on any atom is -0.501 e. The Bertz CT molecular complexity index is 243. The first-order chi connectivity index (χ1) is 5.86. The van der Waals surface area contributed by atoms with Gasteiger partial charge in [0.2, 0.25) is 0 Å². The van der Waals surface area contributed by atoms with Gasteiger partial charge in [0.25, 0.3) is 0 Å². The van der Waals surface area contributed by atoms with E-state index in [1.807, 2.05) is 18.2 Å². The van der Waals surface area contributed by atoms with E-state index in [4.69, 9.17) is 4.74 Å². The summed E-state index contributed by atoms with van der Waals surface area (Å²) in [5, 5.41) is 0. The second-order valence-corrected chi connectivity index (χ2v) is 2.58. The van der Waals surface area contributed by atoms with Crippen molar-refractivity contribution in [3.05, 3.63) is 41.7 Å². The lowest BCUT2D eigenvalue weighted by Gasteiger charge is -2.01. The standard InChI is InChI=1S/C11H14O/c1-3-11(12-2)9-10-7-5-4-6-8-10/h4-9H,3H2,1-2H3/b11-9+. The summed E-state index contributed by atoms with van der Waals surface area (Å²) in [6.07, 6.45) is 2.99. The first kappa shape index (κ1) is 8.85. The van der Waals surface area contributed by atoms with E-state index in [1.54, 1.807) is 7.11 Å². The Balaban J connectivity index is 2.79. The van der Waals surface area contributed by atoms with Crippen molar-refractivity contribution in [2.24, 2.45) is 0 Å². The maximum absolute atomic E-state index is 5.16. The van der Waals surface area contributed by atoms with Gasteiger partial charge in [0.15, 0.2) is 0 Å². The molecule has 0 fully saturated rings. The summed E-state index contributed by atoms with van der Waals surface area (Å²) >= 11 is 0. The topological polar surface area (TPSA) is 9.23 Å². The number of methoxy groups -OCH3 is 1. The molecule has 0 radical (unpaired) electrons. The molecule has 0 spiro atoms. The van der Waals surface area contributed by atoms with E-state index in [0.717, 1.165) is 12.2 Å². The molecule has 12 heavy (non-hydrogen) atoms. The lowest BCUT2D eigenvalue weighted by Crippen LogP contribution is -1.83. The Morgan fingerprint density at radius 1 is 1.33 bits per heavy atom. The fraction of sp³-hybridized carbons (Fsp3) is 0.273. The van der Waals surface area contributed by atoms with Gasteiger partial charge >= 0.3 is 0 Å². The van der Waals surface area contributed by atoms with E-state index in [0.29, 0.717) is 0 Å². The third-order valence-corrected chi connectivity index (χ3v) is 1.74. The highest BCUT2D eigenvalue weighted by Crippen LogP contribution is 2.09. The van der Waals surface area contributed by atoms with Gasteiger partial charge in [-0.3, -0.25) is 0 Å². The van der Waals surface area contributed by atoms with E-state index >= 15 is 0 Å². The van der Waals surface area contributed by atoms with Gasteiger partial charge in [0.05, 0.1) is 12.9 Å². The fourth-order valence-electron chi connectivity index (χ4n) is 1.04. The van der Waals surface area contributed by atoms with E-state index in [2.05, 4.69) is 25.1 Å². The molecule has 0 aliphatic carbocycles. The minimum absolute atomic E-state index is 0.936. The summed E-state index contributed by atoms with van der Waals surface area (Å²) in [5.74, 6) is 1.02. The van der Waals surface area contributed by atoms with Gasteiger partial charge in [-0.15, -0.1) is 0 Å². The summed E-state index contributed by atoms with van der Waals surface area (Å²) < 4.78 is 5.16. The number of allylic oxidation sites excluding steroid dienone is 1. The van der Waals surface area contributed by atoms with E-state index in [9.17, 15) is 0 Å². The van der Waals surface area contributed by atoms with Gasteiger partial charge in [-0.1, -0.05) is 37.3 Å². The number of hydrogen-bond acceptors (Lipinski definition) is 1. The molecule has 0 atom stereocenters. The zero-order valence-corrected chi connectivity index (χ0v) is 7.58. The zero-order chi connectivity index (χ0) is 8.81. The van der Waals surface area contributed by atoms with Crippen molar-refractivity contribution >= 4 is 6.08 Å². The van der Waals surface area contributed by atoms with Crippen molar-refractivity contribution in [3.63, 3.8) is 0 Å². The molecule has 0 aliphatic heterocycles. The third kappa shape index (κ3) is 2.42. The number of ether oxygens (including phenoxy) is 1. The van der Waals surface area contributed by atoms with Crippen molar-refractivity contribution in [3.8, 4) is 0 Å². The largest absolute Gasteiger partial charge is 0.501 e. The van der Waals surface area contributed by atoms with Crippen LogP contribution in [0.3, 0.4) is 0 Å². The van der Waals surface area contributed by atoms with Gasteiger partial charge in [-0.05, 0) is 11.6 Å². The van der Waals surface area contributed by atoms with Crippen molar-refractivity contribution in [1.82, 2.24) is 0 Å². The van der Waals surface area contributed by atoms with Crippen LogP contribution in [0.25, 0.3) is 6.08 Å². The molecule has 0 N–H and O–H groups in total. The third-order valence-electron chi connectivity index (χ3n) is 1.74. The van der Waals surface area contributed by atoms with Crippen LogP contribution in [0, 0.1) is 0 Å². The van der Waals surface area contributed by atoms with Crippen molar-refractivity contribution in [2.45, 2.75) is 13.3 Å². The molecule has 0 amide bonds. The molecule has 0 aromatic heterocycles. The smallest absolute Gasteiger partial charge is 0.0958 e. The molecule has 1 rings (SSSR count). The number of rotatable bonds is 3. The van der Waals surface area contributed by atoms with E-state index in [1.165, 1.54) is 5.56 Å². The Kier molecular flexibility index (Phi) is 3.39. The van der Waals surface area contributed by atoms with Crippen LogP contribution in [0.1, 0.15) is 18.9 Å². The van der Waals surface area contributed by atoms with Crippen molar-refractivity contribution in [2.75, 3.05) is 7.11 Å². The maximum Gasteiger partial charge on any atom is 0.0958 e. The summed E-state index contributed by atoms with van der Waals surface area (Å²) in [6, 6.07) is 10.2. The van der Waals surface area contributed by atoms with Crippen LogP contribution in [-0.4, -0.2) is 7.11 Å².